The topological polar surface area (TPSA) is 77.5 Å². The van der Waals surface area contributed by atoms with Gasteiger partial charge in [0.1, 0.15) is 10.8 Å². The van der Waals surface area contributed by atoms with Crippen LogP contribution in [-0.2, 0) is 20.7 Å². The molecule has 0 radical (unpaired) electrons. The fourth-order valence-electron chi connectivity index (χ4n) is 2.36. The smallest absolute Gasteiger partial charge is 0.387 e. The average molecular weight is 418 g/mol. The Morgan fingerprint density at radius 3 is 2.48 bits per heavy atom. The fraction of sp³-hybridized carbons (Fsp3) is 0.150. The van der Waals surface area contributed by atoms with Crippen LogP contribution in [0.2, 0.25) is 0 Å². The molecule has 0 unspecified atom stereocenters. The standard InChI is InChI=1S/C20H16F2N2O4S/c21-20(22)28-16-8-6-14(7-9-16)23-17(25)11-27-18(26)10-15-12-29-19(24-15)13-4-2-1-3-5-13/h1-9,12,20H,10-11H2,(H,23,25). The van der Waals surface area contributed by atoms with Gasteiger partial charge in [0.05, 0.1) is 12.1 Å². The summed E-state index contributed by atoms with van der Waals surface area (Å²) in [7, 11) is 0. The van der Waals surface area contributed by atoms with E-state index >= 15 is 0 Å². The molecule has 3 rings (SSSR count). The van der Waals surface area contributed by atoms with E-state index in [1.807, 2.05) is 30.3 Å². The van der Waals surface area contributed by atoms with Crippen molar-refractivity contribution in [2.45, 2.75) is 13.0 Å². The quantitative estimate of drug-likeness (QED) is 0.557. The molecule has 0 saturated carbocycles. The Labute approximate surface area is 169 Å². The molecular weight excluding hydrogens is 402 g/mol. The van der Waals surface area contributed by atoms with E-state index in [0.717, 1.165) is 10.6 Å². The lowest BCUT2D eigenvalue weighted by atomic mass is 10.2. The minimum absolute atomic E-state index is 0.0254. The number of alkyl halides is 2. The first kappa shape index (κ1) is 20.4. The van der Waals surface area contributed by atoms with Crippen LogP contribution in [0.1, 0.15) is 5.69 Å². The number of thiazole rings is 1. The van der Waals surface area contributed by atoms with Gasteiger partial charge >= 0.3 is 12.6 Å². The highest BCUT2D eigenvalue weighted by atomic mass is 32.1. The van der Waals surface area contributed by atoms with Crippen molar-refractivity contribution in [1.82, 2.24) is 4.98 Å². The highest BCUT2D eigenvalue weighted by Gasteiger charge is 2.12. The van der Waals surface area contributed by atoms with E-state index < -0.39 is 25.1 Å². The largest absolute Gasteiger partial charge is 0.455 e. The van der Waals surface area contributed by atoms with Crippen LogP contribution in [0.3, 0.4) is 0 Å². The maximum absolute atomic E-state index is 12.1. The Kier molecular flexibility index (Phi) is 6.85. The Morgan fingerprint density at radius 1 is 1.07 bits per heavy atom. The summed E-state index contributed by atoms with van der Waals surface area (Å²) in [5.74, 6) is -1.16. The lowest BCUT2D eigenvalue weighted by Gasteiger charge is -2.08. The number of carbonyl (C=O) groups is 2. The van der Waals surface area contributed by atoms with Crippen molar-refractivity contribution in [2.24, 2.45) is 0 Å². The number of rotatable bonds is 8. The molecule has 150 valence electrons. The molecule has 0 bridgehead atoms. The molecule has 0 fully saturated rings. The molecule has 1 heterocycles. The molecule has 0 aliphatic heterocycles. The second kappa shape index (κ2) is 9.74. The number of aromatic nitrogens is 1. The van der Waals surface area contributed by atoms with Crippen molar-refractivity contribution in [3.63, 3.8) is 0 Å². The van der Waals surface area contributed by atoms with E-state index in [-0.39, 0.29) is 12.2 Å². The van der Waals surface area contributed by atoms with E-state index in [9.17, 15) is 18.4 Å². The number of hydrogen-bond acceptors (Lipinski definition) is 6. The van der Waals surface area contributed by atoms with Gasteiger partial charge in [-0.05, 0) is 24.3 Å². The number of amides is 1. The van der Waals surface area contributed by atoms with Crippen LogP contribution in [0.25, 0.3) is 10.6 Å². The molecule has 6 nitrogen and oxygen atoms in total. The monoisotopic (exact) mass is 418 g/mol. The number of nitrogens with zero attached hydrogens (tertiary/aromatic N) is 1. The molecule has 1 aromatic heterocycles. The van der Waals surface area contributed by atoms with Gasteiger partial charge in [-0.3, -0.25) is 9.59 Å². The number of ether oxygens (including phenoxy) is 2. The van der Waals surface area contributed by atoms with Crippen molar-refractivity contribution in [1.29, 1.82) is 0 Å². The van der Waals surface area contributed by atoms with Gasteiger partial charge in [0.25, 0.3) is 5.91 Å². The van der Waals surface area contributed by atoms with Gasteiger partial charge in [-0.15, -0.1) is 11.3 Å². The third kappa shape index (κ3) is 6.35. The summed E-state index contributed by atoms with van der Waals surface area (Å²) in [6, 6.07) is 15.0. The molecule has 1 N–H and O–H groups in total. The van der Waals surface area contributed by atoms with E-state index in [4.69, 9.17) is 4.74 Å². The first-order valence-corrected chi connectivity index (χ1v) is 9.38. The fourth-order valence-corrected chi connectivity index (χ4v) is 3.19. The van der Waals surface area contributed by atoms with Gasteiger partial charge in [0.2, 0.25) is 0 Å². The van der Waals surface area contributed by atoms with E-state index in [1.54, 1.807) is 5.38 Å². The van der Waals surface area contributed by atoms with Crippen LogP contribution >= 0.6 is 11.3 Å². The number of esters is 1. The van der Waals surface area contributed by atoms with Crippen LogP contribution in [0.15, 0.2) is 60.0 Å². The van der Waals surface area contributed by atoms with Gasteiger partial charge < -0.3 is 14.8 Å². The van der Waals surface area contributed by atoms with E-state index in [2.05, 4.69) is 15.0 Å². The number of nitrogens with one attached hydrogen (secondary N) is 1. The van der Waals surface area contributed by atoms with Crippen molar-refractivity contribution >= 4 is 28.9 Å². The van der Waals surface area contributed by atoms with Crippen LogP contribution in [-0.4, -0.2) is 30.1 Å². The summed E-state index contributed by atoms with van der Waals surface area (Å²) in [5.41, 5.74) is 1.88. The molecule has 29 heavy (non-hydrogen) atoms. The zero-order valence-corrected chi connectivity index (χ0v) is 15.8. The SMILES string of the molecule is O=C(COC(=O)Cc1csc(-c2ccccc2)n1)Nc1ccc(OC(F)F)cc1. The molecular formula is C20H16F2N2O4S. The molecule has 2 aromatic carbocycles. The average Bonchev–Trinajstić information content (AvgIpc) is 3.17. The van der Waals surface area contributed by atoms with Crippen molar-refractivity contribution in [3.8, 4) is 16.3 Å². The third-order valence-electron chi connectivity index (χ3n) is 3.63. The molecule has 0 aliphatic carbocycles. The maximum Gasteiger partial charge on any atom is 0.387 e. The van der Waals surface area contributed by atoms with Crippen LogP contribution in [0.5, 0.6) is 5.75 Å². The number of anilines is 1. The predicted molar refractivity (Wildman–Crippen MR) is 104 cm³/mol. The van der Waals surface area contributed by atoms with Gasteiger partial charge in [-0.2, -0.15) is 8.78 Å². The van der Waals surface area contributed by atoms with Crippen LogP contribution < -0.4 is 10.1 Å². The van der Waals surface area contributed by atoms with Gasteiger partial charge in [0.15, 0.2) is 6.61 Å². The molecule has 0 aliphatic rings. The predicted octanol–water partition coefficient (Wildman–Crippen LogP) is 4.14. The lowest BCUT2D eigenvalue weighted by Crippen LogP contribution is -2.21. The van der Waals surface area contributed by atoms with E-state index in [1.165, 1.54) is 35.6 Å². The van der Waals surface area contributed by atoms with Crippen LogP contribution in [0, 0.1) is 0 Å². The van der Waals surface area contributed by atoms with Crippen LogP contribution in [0.4, 0.5) is 14.5 Å². The second-order valence-corrected chi connectivity index (χ2v) is 6.66. The number of hydrogen-bond donors (Lipinski definition) is 1. The summed E-state index contributed by atoms with van der Waals surface area (Å²) in [5, 5.41) is 5.06. The molecule has 0 saturated heterocycles. The minimum Gasteiger partial charge on any atom is -0.455 e. The molecule has 9 heteroatoms. The molecule has 3 aromatic rings. The zero-order valence-electron chi connectivity index (χ0n) is 15.0. The first-order valence-electron chi connectivity index (χ1n) is 8.50. The highest BCUT2D eigenvalue weighted by Crippen LogP contribution is 2.23. The van der Waals surface area contributed by atoms with Crippen molar-refractivity contribution in [3.05, 3.63) is 65.7 Å². The number of halogens is 2. The Morgan fingerprint density at radius 2 is 1.79 bits per heavy atom. The minimum atomic E-state index is -2.92. The number of carbonyl (C=O) groups excluding carboxylic acids is 2. The molecule has 1 amide bonds. The van der Waals surface area contributed by atoms with E-state index in [0.29, 0.717) is 11.4 Å². The van der Waals surface area contributed by atoms with Gasteiger partial charge in [-0.25, -0.2) is 4.98 Å². The maximum atomic E-state index is 12.1. The Balaban J connectivity index is 1.44. The summed E-state index contributed by atoms with van der Waals surface area (Å²) in [6.45, 7) is -3.39. The summed E-state index contributed by atoms with van der Waals surface area (Å²) in [4.78, 5) is 28.2. The Bertz CT molecular complexity index is 962. The molecule has 0 spiro atoms. The summed E-state index contributed by atoms with van der Waals surface area (Å²) in [6.07, 6.45) is -0.0454. The third-order valence-corrected chi connectivity index (χ3v) is 4.57. The second-order valence-electron chi connectivity index (χ2n) is 5.80. The number of benzene rings is 2. The first-order chi connectivity index (χ1) is 14.0. The van der Waals surface area contributed by atoms with Crippen molar-refractivity contribution in [2.75, 3.05) is 11.9 Å². The molecule has 0 atom stereocenters. The Hall–Kier alpha value is -3.33. The lowest BCUT2D eigenvalue weighted by molar-refractivity contribution is -0.146. The zero-order chi connectivity index (χ0) is 20.6. The van der Waals surface area contributed by atoms with Gasteiger partial charge in [-0.1, -0.05) is 30.3 Å². The summed E-state index contributed by atoms with van der Waals surface area (Å²) >= 11 is 1.42. The van der Waals surface area contributed by atoms with Gasteiger partial charge in [0, 0.05) is 16.6 Å². The highest BCUT2D eigenvalue weighted by molar-refractivity contribution is 7.13. The summed E-state index contributed by atoms with van der Waals surface area (Å²) < 4.78 is 33.4. The van der Waals surface area contributed by atoms with Crippen molar-refractivity contribution < 1.29 is 27.8 Å². The normalized spacial score (nSPS) is 10.6.